The van der Waals surface area contributed by atoms with Crippen LogP contribution in [-0.2, 0) is 23.8 Å². The number of hydrogen-bond donors (Lipinski definition) is 0. The van der Waals surface area contributed by atoms with Gasteiger partial charge in [-0.05, 0) is 5.56 Å². The van der Waals surface area contributed by atoms with Gasteiger partial charge in [0.05, 0.1) is 25.4 Å². The molecule has 1 aliphatic carbocycles. The van der Waals surface area contributed by atoms with E-state index in [0.717, 1.165) is 14.2 Å². The number of Topliss-reactive ketones (excluding diaryl/α,β-unsaturated/α-hetero) is 2. The number of ether oxygens (including phenoxy) is 3. The molecule has 0 aromatic heterocycles. The minimum absolute atomic E-state index is 0.122. The molecule has 0 saturated heterocycles. The number of fused-ring (bicyclic) bond motifs is 1. The normalized spacial score (nSPS) is 19.4. The van der Waals surface area contributed by atoms with Gasteiger partial charge >= 0.3 is 11.9 Å². The van der Waals surface area contributed by atoms with Crippen molar-refractivity contribution in [3.8, 4) is 0 Å². The van der Waals surface area contributed by atoms with E-state index in [-0.39, 0.29) is 16.7 Å². The zero-order valence-electron chi connectivity index (χ0n) is 15.6. The van der Waals surface area contributed by atoms with Crippen molar-refractivity contribution >= 4 is 23.5 Å². The van der Waals surface area contributed by atoms with Crippen molar-refractivity contribution < 1.29 is 33.4 Å². The van der Waals surface area contributed by atoms with Crippen LogP contribution in [0.1, 0.15) is 32.4 Å². The lowest BCUT2D eigenvalue weighted by Crippen LogP contribution is -2.46. The van der Waals surface area contributed by atoms with Crippen molar-refractivity contribution in [3.63, 3.8) is 0 Å². The summed E-state index contributed by atoms with van der Waals surface area (Å²) in [6, 6.07) is 14.7. The quantitative estimate of drug-likeness (QED) is 0.584. The molecule has 0 fully saturated rings. The molecule has 0 bridgehead atoms. The zero-order chi connectivity index (χ0) is 20.8. The summed E-state index contributed by atoms with van der Waals surface area (Å²) >= 11 is 0. The van der Waals surface area contributed by atoms with E-state index < -0.39 is 40.8 Å². The Kier molecular flexibility index (Phi) is 4.39. The van der Waals surface area contributed by atoms with E-state index in [1.165, 1.54) is 12.1 Å². The van der Waals surface area contributed by atoms with Gasteiger partial charge in [-0.15, -0.1) is 0 Å². The Morgan fingerprint density at radius 1 is 0.828 bits per heavy atom. The van der Waals surface area contributed by atoms with Crippen molar-refractivity contribution in [1.29, 1.82) is 0 Å². The standard InChI is InChI=1S/C22H16O7/c1-27-20(25)15-16(21(26)28-2)22(29-17(15)12-8-4-3-5-9-12)18(23)13-10-6-7-11-14(13)19(22)24/h3-11,17H,1-2H3. The van der Waals surface area contributed by atoms with Gasteiger partial charge in [-0.3, -0.25) is 9.59 Å². The number of benzene rings is 2. The van der Waals surface area contributed by atoms with Gasteiger partial charge in [0.2, 0.25) is 17.2 Å². The number of carbonyl (C=O) groups excluding carboxylic acids is 4. The molecule has 1 aliphatic heterocycles. The van der Waals surface area contributed by atoms with Crippen LogP contribution in [0.25, 0.3) is 0 Å². The molecule has 1 spiro atoms. The Balaban J connectivity index is 2.02. The van der Waals surface area contributed by atoms with Gasteiger partial charge in [0.15, 0.2) is 0 Å². The van der Waals surface area contributed by atoms with Gasteiger partial charge in [0.1, 0.15) is 6.10 Å². The molecule has 1 heterocycles. The maximum atomic E-state index is 13.4. The molecule has 146 valence electrons. The van der Waals surface area contributed by atoms with Gasteiger partial charge in [0, 0.05) is 11.1 Å². The fraction of sp³-hybridized carbons (Fsp3) is 0.182. The van der Waals surface area contributed by atoms with E-state index in [1.54, 1.807) is 42.5 Å². The van der Waals surface area contributed by atoms with Gasteiger partial charge in [-0.1, -0.05) is 54.6 Å². The van der Waals surface area contributed by atoms with E-state index >= 15 is 0 Å². The molecular formula is C22H16O7. The summed E-state index contributed by atoms with van der Waals surface area (Å²) in [4.78, 5) is 52.1. The van der Waals surface area contributed by atoms with Gasteiger partial charge < -0.3 is 14.2 Å². The van der Waals surface area contributed by atoms with Crippen molar-refractivity contribution in [1.82, 2.24) is 0 Å². The molecule has 0 saturated carbocycles. The Bertz CT molecular complexity index is 1050. The molecule has 2 aromatic rings. The molecule has 0 radical (unpaired) electrons. The highest BCUT2D eigenvalue weighted by Gasteiger charge is 2.66. The summed E-state index contributed by atoms with van der Waals surface area (Å²) in [5, 5.41) is 0. The van der Waals surface area contributed by atoms with Crippen molar-refractivity contribution in [2.75, 3.05) is 14.2 Å². The van der Waals surface area contributed by atoms with Crippen LogP contribution >= 0.6 is 0 Å². The average molecular weight is 392 g/mol. The second-order valence-electron chi connectivity index (χ2n) is 6.57. The Hall–Kier alpha value is -3.58. The van der Waals surface area contributed by atoms with Crippen LogP contribution in [0, 0.1) is 0 Å². The number of methoxy groups -OCH3 is 2. The van der Waals surface area contributed by atoms with E-state index in [2.05, 4.69) is 0 Å². The SMILES string of the molecule is COC(=O)C1=C(C(=O)OC)C2(OC1c1ccccc1)C(=O)c1ccccc1C2=O. The second kappa shape index (κ2) is 6.79. The van der Waals surface area contributed by atoms with Crippen LogP contribution in [0.2, 0.25) is 0 Å². The van der Waals surface area contributed by atoms with Crippen LogP contribution in [0.5, 0.6) is 0 Å². The monoisotopic (exact) mass is 392 g/mol. The first-order valence-electron chi connectivity index (χ1n) is 8.80. The minimum atomic E-state index is -2.29. The number of carbonyl (C=O) groups is 4. The van der Waals surface area contributed by atoms with E-state index in [0.29, 0.717) is 5.56 Å². The molecule has 29 heavy (non-hydrogen) atoms. The van der Waals surface area contributed by atoms with Crippen LogP contribution in [0.15, 0.2) is 65.7 Å². The lowest BCUT2D eigenvalue weighted by atomic mass is 9.86. The summed E-state index contributed by atoms with van der Waals surface area (Å²) in [5.41, 5.74) is -2.22. The number of ketones is 2. The van der Waals surface area contributed by atoms with Crippen LogP contribution < -0.4 is 0 Å². The third-order valence-electron chi connectivity index (χ3n) is 5.13. The summed E-state index contributed by atoms with van der Waals surface area (Å²) in [5.74, 6) is -3.30. The molecule has 4 rings (SSSR count). The molecule has 2 aliphatic rings. The van der Waals surface area contributed by atoms with Crippen LogP contribution in [0.3, 0.4) is 0 Å². The predicted molar refractivity (Wildman–Crippen MR) is 99.2 cm³/mol. The highest BCUT2D eigenvalue weighted by molar-refractivity contribution is 6.37. The third-order valence-corrected chi connectivity index (χ3v) is 5.13. The Labute approximate surface area is 165 Å². The average Bonchev–Trinajstić information content (AvgIpc) is 3.23. The van der Waals surface area contributed by atoms with Crippen molar-refractivity contribution in [2.24, 2.45) is 0 Å². The summed E-state index contributed by atoms with van der Waals surface area (Å²) in [7, 11) is 2.25. The molecule has 0 amide bonds. The highest BCUT2D eigenvalue weighted by atomic mass is 16.6. The lowest BCUT2D eigenvalue weighted by Gasteiger charge is -2.23. The second-order valence-corrected chi connectivity index (χ2v) is 6.57. The van der Waals surface area contributed by atoms with Crippen molar-refractivity contribution in [3.05, 3.63) is 82.4 Å². The highest BCUT2D eigenvalue weighted by Crippen LogP contribution is 2.51. The molecule has 7 nitrogen and oxygen atoms in total. The van der Waals surface area contributed by atoms with Crippen LogP contribution in [-0.4, -0.2) is 43.3 Å². The van der Waals surface area contributed by atoms with E-state index in [9.17, 15) is 19.2 Å². The molecule has 1 atom stereocenters. The fourth-order valence-electron chi connectivity index (χ4n) is 3.85. The first-order chi connectivity index (χ1) is 14.0. The molecule has 2 aromatic carbocycles. The third kappa shape index (κ3) is 2.48. The smallest absolute Gasteiger partial charge is 0.338 e. The Morgan fingerprint density at radius 2 is 1.34 bits per heavy atom. The lowest BCUT2D eigenvalue weighted by molar-refractivity contribution is -0.139. The summed E-state index contributed by atoms with van der Waals surface area (Å²) in [6.45, 7) is 0. The zero-order valence-corrected chi connectivity index (χ0v) is 15.6. The van der Waals surface area contributed by atoms with E-state index in [4.69, 9.17) is 14.2 Å². The maximum absolute atomic E-state index is 13.4. The maximum Gasteiger partial charge on any atom is 0.338 e. The first-order valence-corrected chi connectivity index (χ1v) is 8.80. The number of esters is 2. The predicted octanol–water partition coefficient (Wildman–Crippen LogP) is 2.22. The van der Waals surface area contributed by atoms with Gasteiger partial charge in [-0.2, -0.15) is 0 Å². The van der Waals surface area contributed by atoms with Gasteiger partial charge in [-0.25, -0.2) is 9.59 Å². The number of hydrogen-bond acceptors (Lipinski definition) is 7. The summed E-state index contributed by atoms with van der Waals surface area (Å²) in [6.07, 6.45) is -1.15. The fourth-order valence-corrected chi connectivity index (χ4v) is 3.85. The first kappa shape index (κ1) is 18.8. The Morgan fingerprint density at radius 3 is 1.86 bits per heavy atom. The molecular weight excluding hydrogens is 376 g/mol. The van der Waals surface area contributed by atoms with Crippen molar-refractivity contribution in [2.45, 2.75) is 11.7 Å². The number of rotatable bonds is 3. The minimum Gasteiger partial charge on any atom is -0.466 e. The summed E-state index contributed by atoms with van der Waals surface area (Å²) < 4.78 is 15.7. The largest absolute Gasteiger partial charge is 0.466 e. The van der Waals surface area contributed by atoms with E-state index in [1.807, 2.05) is 0 Å². The topological polar surface area (TPSA) is 96.0 Å². The van der Waals surface area contributed by atoms with Gasteiger partial charge in [0.25, 0.3) is 0 Å². The molecule has 1 unspecified atom stereocenters. The molecule has 0 N–H and O–H groups in total. The molecule has 7 heteroatoms. The van der Waals surface area contributed by atoms with Crippen LogP contribution in [0.4, 0.5) is 0 Å².